The lowest BCUT2D eigenvalue weighted by Gasteiger charge is -2.36. The van der Waals surface area contributed by atoms with Crippen molar-refractivity contribution < 1.29 is 0 Å². The summed E-state index contributed by atoms with van der Waals surface area (Å²) in [6, 6.07) is 0. The van der Waals surface area contributed by atoms with Crippen LogP contribution in [0.1, 0.15) is 108 Å². The highest BCUT2D eigenvalue weighted by atomic mass is 14.3. The van der Waals surface area contributed by atoms with Crippen molar-refractivity contribution in [3.05, 3.63) is 108 Å². The first-order valence-electron chi connectivity index (χ1n) is 15.9. The zero-order chi connectivity index (χ0) is 30.0. The van der Waals surface area contributed by atoms with Gasteiger partial charge in [0, 0.05) is 5.92 Å². The van der Waals surface area contributed by atoms with E-state index in [1.54, 1.807) is 0 Å². The number of hydrogen-bond acceptors (Lipinski definition) is 0. The highest BCUT2D eigenvalue weighted by Crippen LogP contribution is 2.41. The molecular formula is C40H62. The smallest absolute Gasteiger partial charge is 0.00255 e. The van der Waals surface area contributed by atoms with Crippen molar-refractivity contribution in [2.45, 2.75) is 108 Å². The third-order valence-electron chi connectivity index (χ3n) is 7.97. The van der Waals surface area contributed by atoms with E-state index in [-0.39, 0.29) is 0 Å². The first-order chi connectivity index (χ1) is 18.9. The van der Waals surface area contributed by atoms with Gasteiger partial charge in [0.15, 0.2) is 0 Å². The van der Waals surface area contributed by atoms with Crippen LogP contribution in [0.15, 0.2) is 108 Å². The van der Waals surface area contributed by atoms with Crippen LogP contribution >= 0.6 is 0 Å². The molecular weight excluding hydrogens is 480 g/mol. The van der Waals surface area contributed by atoms with Gasteiger partial charge in [-0.1, -0.05) is 149 Å². The van der Waals surface area contributed by atoms with E-state index in [0.717, 1.165) is 25.7 Å². The molecule has 0 aromatic heterocycles. The molecule has 0 aliphatic heterocycles. The Balaban J connectivity index is 2.35. The van der Waals surface area contributed by atoms with Crippen molar-refractivity contribution in [1.82, 2.24) is 0 Å². The zero-order valence-electron chi connectivity index (χ0n) is 27.8. The maximum absolute atomic E-state index is 2.45. The van der Waals surface area contributed by atoms with E-state index in [9.17, 15) is 0 Å². The molecule has 0 nitrogen and oxygen atoms in total. The van der Waals surface area contributed by atoms with Gasteiger partial charge in [-0.3, -0.25) is 0 Å². The summed E-state index contributed by atoms with van der Waals surface area (Å²) in [7, 11) is 0. The fraction of sp³-hybridized carbons (Fsp3) is 0.550. The van der Waals surface area contributed by atoms with Crippen molar-refractivity contribution in [3.8, 4) is 0 Å². The fourth-order valence-corrected chi connectivity index (χ4v) is 5.15. The van der Waals surface area contributed by atoms with E-state index in [4.69, 9.17) is 0 Å². The lowest BCUT2D eigenvalue weighted by molar-refractivity contribution is 0.255. The van der Waals surface area contributed by atoms with Crippen molar-refractivity contribution in [1.29, 1.82) is 0 Å². The summed E-state index contributed by atoms with van der Waals surface area (Å²) in [6.45, 7) is 22.8. The zero-order valence-corrected chi connectivity index (χ0v) is 27.8. The molecule has 0 saturated heterocycles. The maximum atomic E-state index is 2.45. The monoisotopic (exact) mass is 542 g/mol. The predicted octanol–water partition coefficient (Wildman–Crippen LogP) is 12.7. The van der Waals surface area contributed by atoms with Gasteiger partial charge in [0.1, 0.15) is 0 Å². The van der Waals surface area contributed by atoms with Crippen LogP contribution in [0.3, 0.4) is 0 Å². The second-order valence-electron chi connectivity index (χ2n) is 13.3. The first-order valence-corrected chi connectivity index (χ1v) is 15.9. The van der Waals surface area contributed by atoms with Gasteiger partial charge in [0.2, 0.25) is 0 Å². The minimum absolute atomic E-state index is 0.372. The maximum Gasteiger partial charge on any atom is 0.00255 e. The molecule has 40 heavy (non-hydrogen) atoms. The van der Waals surface area contributed by atoms with Crippen LogP contribution in [0.4, 0.5) is 0 Å². The van der Waals surface area contributed by atoms with Gasteiger partial charge >= 0.3 is 0 Å². The molecule has 0 bridgehead atoms. The average Bonchev–Trinajstić information content (AvgIpc) is 2.85. The molecule has 0 radical (unpaired) electrons. The molecule has 0 saturated carbocycles. The third kappa shape index (κ3) is 16.7. The van der Waals surface area contributed by atoms with E-state index < -0.39 is 0 Å². The van der Waals surface area contributed by atoms with Crippen LogP contribution in [-0.4, -0.2) is 0 Å². The Hall–Kier alpha value is -2.34. The highest BCUT2D eigenvalue weighted by Gasteiger charge is 2.30. The molecule has 0 fully saturated rings. The van der Waals surface area contributed by atoms with Gasteiger partial charge in [-0.2, -0.15) is 0 Å². The van der Waals surface area contributed by atoms with E-state index >= 15 is 0 Å². The summed E-state index contributed by atoms with van der Waals surface area (Å²) in [5.74, 6) is 2.61. The SMILES string of the molecule is CC(C)=CCC/C(C)=C/C=C/C(C)/C=C/CC(C)/C=C/C=C/C(C)C/C=C/C(C)/C=C/C1C(C)=CCCC1(C)C. The Morgan fingerprint density at radius 3 is 1.95 bits per heavy atom. The van der Waals surface area contributed by atoms with Crippen LogP contribution in [0.5, 0.6) is 0 Å². The van der Waals surface area contributed by atoms with Crippen LogP contribution in [-0.2, 0) is 0 Å². The molecule has 0 amide bonds. The summed E-state index contributed by atoms with van der Waals surface area (Å²) in [5, 5.41) is 0. The van der Waals surface area contributed by atoms with Crippen molar-refractivity contribution in [2.75, 3.05) is 0 Å². The quantitative estimate of drug-likeness (QED) is 0.134. The summed E-state index contributed by atoms with van der Waals surface area (Å²) in [5.41, 5.74) is 4.75. The second-order valence-corrected chi connectivity index (χ2v) is 13.3. The molecule has 0 aromatic carbocycles. The molecule has 0 N–H and O–H groups in total. The van der Waals surface area contributed by atoms with E-state index in [2.05, 4.69) is 160 Å². The van der Waals surface area contributed by atoms with Gasteiger partial charge in [0.25, 0.3) is 0 Å². The van der Waals surface area contributed by atoms with Gasteiger partial charge in [-0.15, -0.1) is 0 Å². The molecule has 5 unspecified atom stereocenters. The van der Waals surface area contributed by atoms with E-state index in [1.165, 1.54) is 29.6 Å². The Labute approximate surface area is 250 Å². The molecule has 0 aromatic rings. The Bertz CT molecular complexity index is 977. The number of rotatable bonds is 16. The molecule has 1 rings (SSSR count). The largest absolute Gasteiger partial charge is 0.0874 e. The van der Waals surface area contributed by atoms with Gasteiger partial charge in [0.05, 0.1) is 0 Å². The minimum Gasteiger partial charge on any atom is -0.0874 e. The van der Waals surface area contributed by atoms with E-state index in [1.807, 2.05) is 0 Å². The second kappa shape index (κ2) is 19.7. The first kappa shape index (κ1) is 35.7. The Morgan fingerprint density at radius 1 is 0.825 bits per heavy atom. The summed E-state index contributed by atoms with van der Waals surface area (Å²) in [6.07, 6.45) is 41.7. The summed E-state index contributed by atoms with van der Waals surface area (Å²) >= 11 is 0. The predicted molar refractivity (Wildman–Crippen MR) is 183 cm³/mol. The summed E-state index contributed by atoms with van der Waals surface area (Å²) < 4.78 is 0. The highest BCUT2D eigenvalue weighted by molar-refractivity contribution is 5.20. The van der Waals surface area contributed by atoms with Crippen LogP contribution < -0.4 is 0 Å². The number of allylic oxidation sites excluding steroid dienone is 18. The van der Waals surface area contributed by atoms with Crippen LogP contribution in [0.2, 0.25) is 0 Å². The minimum atomic E-state index is 0.372. The normalized spacial score (nSPS) is 21.7. The molecule has 5 atom stereocenters. The number of hydrogen-bond donors (Lipinski definition) is 0. The fourth-order valence-electron chi connectivity index (χ4n) is 5.15. The van der Waals surface area contributed by atoms with E-state index in [0.29, 0.717) is 35.0 Å². The molecule has 0 heteroatoms. The Morgan fingerprint density at radius 2 is 1.40 bits per heavy atom. The van der Waals surface area contributed by atoms with Crippen LogP contribution in [0.25, 0.3) is 0 Å². The average molecular weight is 543 g/mol. The third-order valence-corrected chi connectivity index (χ3v) is 7.97. The molecule has 0 spiro atoms. The van der Waals surface area contributed by atoms with Gasteiger partial charge in [-0.05, 0) is 95.3 Å². The van der Waals surface area contributed by atoms with Crippen molar-refractivity contribution in [3.63, 3.8) is 0 Å². The Kier molecular flexibility index (Phi) is 17.6. The van der Waals surface area contributed by atoms with Crippen molar-refractivity contribution >= 4 is 0 Å². The molecule has 1 aliphatic carbocycles. The van der Waals surface area contributed by atoms with Crippen molar-refractivity contribution in [2.24, 2.45) is 35.0 Å². The molecule has 0 heterocycles. The van der Waals surface area contributed by atoms with Gasteiger partial charge in [-0.25, -0.2) is 0 Å². The molecule has 222 valence electrons. The topological polar surface area (TPSA) is 0 Å². The molecule has 1 aliphatic rings. The summed E-state index contributed by atoms with van der Waals surface area (Å²) in [4.78, 5) is 0. The lowest BCUT2D eigenvalue weighted by Crippen LogP contribution is -2.26. The standard InChI is InChI=1S/C40H62/c1-32(2)18-13-21-35(5)24-15-26-36(6)25-14-22-33(3)19-11-12-20-34(4)23-16-27-37(7)29-30-39-38(8)28-17-31-40(39,9)10/h11-12,14-16,18-20,24-30,33-34,36-37,39H,13,17,21-23,31H2,1-10H3/b19-11+,20-12+,25-14+,26-15+,27-16+,30-29+,35-24+. The lowest BCUT2D eigenvalue weighted by atomic mass is 9.68. The van der Waals surface area contributed by atoms with Crippen LogP contribution in [0, 0.1) is 35.0 Å². The van der Waals surface area contributed by atoms with Gasteiger partial charge < -0.3 is 0 Å².